The lowest BCUT2D eigenvalue weighted by molar-refractivity contribution is -0.128. The van der Waals surface area contributed by atoms with Crippen LogP contribution in [-0.4, -0.2) is 27.2 Å². The summed E-state index contributed by atoms with van der Waals surface area (Å²) in [4.78, 5) is 16.1. The summed E-state index contributed by atoms with van der Waals surface area (Å²) in [6, 6.07) is 4.03. The zero-order valence-electron chi connectivity index (χ0n) is 14.8. The number of hydrogen-bond donors (Lipinski definition) is 1. The number of rotatable bonds is 4. The smallest absolute Gasteiger partial charge is 0.225 e. The Bertz CT molecular complexity index is 713. The normalized spacial score (nSPS) is 14.3. The van der Waals surface area contributed by atoms with Crippen molar-refractivity contribution < 1.29 is 4.79 Å². The van der Waals surface area contributed by atoms with E-state index < -0.39 is 0 Å². The first-order valence-corrected chi connectivity index (χ1v) is 8.74. The van der Waals surface area contributed by atoms with Crippen LogP contribution in [0.25, 0.3) is 11.3 Å². The first kappa shape index (κ1) is 16.7. The summed E-state index contributed by atoms with van der Waals surface area (Å²) in [6.07, 6.45) is 8.21. The van der Waals surface area contributed by atoms with Gasteiger partial charge >= 0.3 is 0 Å². The van der Waals surface area contributed by atoms with Crippen LogP contribution in [0.3, 0.4) is 0 Å². The second-order valence-corrected chi connectivity index (χ2v) is 7.45. The molecular weight excluding hydrogens is 300 g/mol. The van der Waals surface area contributed by atoms with Crippen LogP contribution in [0.5, 0.6) is 0 Å². The number of carbonyl (C=O) groups is 1. The van der Waals surface area contributed by atoms with Crippen LogP contribution in [0.4, 0.5) is 0 Å². The fourth-order valence-electron chi connectivity index (χ4n) is 3.14. The number of fused-ring (bicyclic) bond motifs is 1. The van der Waals surface area contributed by atoms with E-state index in [0.29, 0.717) is 6.54 Å². The lowest BCUT2D eigenvalue weighted by Gasteiger charge is -2.18. The molecule has 2 heterocycles. The van der Waals surface area contributed by atoms with Gasteiger partial charge < -0.3 is 5.32 Å². The predicted octanol–water partition coefficient (Wildman–Crippen LogP) is 2.99. The van der Waals surface area contributed by atoms with E-state index in [1.807, 2.05) is 45.3 Å². The van der Waals surface area contributed by atoms with Crippen molar-refractivity contribution in [3.63, 3.8) is 0 Å². The third kappa shape index (κ3) is 3.50. The first-order chi connectivity index (χ1) is 11.5. The minimum Gasteiger partial charge on any atom is -0.354 e. The number of aromatic nitrogens is 3. The monoisotopic (exact) mass is 326 g/mol. The van der Waals surface area contributed by atoms with Gasteiger partial charge in [-0.3, -0.25) is 14.5 Å². The Morgan fingerprint density at radius 3 is 2.62 bits per heavy atom. The first-order valence-electron chi connectivity index (χ1n) is 8.74. The third-order valence-electron chi connectivity index (χ3n) is 4.50. The molecule has 0 fully saturated rings. The molecular formula is C19H26N4O. The third-order valence-corrected chi connectivity index (χ3v) is 4.50. The molecule has 24 heavy (non-hydrogen) atoms. The summed E-state index contributed by atoms with van der Waals surface area (Å²) in [5.74, 6) is 0.0814. The zero-order valence-corrected chi connectivity index (χ0v) is 14.8. The SMILES string of the molecule is CC(C)(C)C(=O)NCCn1nc(-c2ccncc2)c2c1CCCC2. The maximum Gasteiger partial charge on any atom is 0.225 e. The van der Waals surface area contributed by atoms with Crippen molar-refractivity contribution in [3.05, 3.63) is 35.8 Å². The van der Waals surface area contributed by atoms with Crippen molar-refractivity contribution in [2.45, 2.75) is 53.0 Å². The second kappa shape index (κ2) is 6.75. The fraction of sp³-hybridized carbons (Fsp3) is 0.526. The average Bonchev–Trinajstić information content (AvgIpc) is 2.94. The molecule has 0 aliphatic heterocycles. The van der Waals surface area contributed by atoms with Crippen LogP contribution >= 0.6 is 0 Å². The number of carbonyl (C=O) groups excluding carboxylic acids is 1. The largest absolute Gasteiger partial charge is 0.354 e. The lowest BCUT2D eigenvalue weighted by atomic mass is 9.94. The molecule has 0 bridgehead atoms. The van der Waals surface area contributed by atoms with Gasteiger partial charge in [0.25, 0.3) is 0 Å². The van der Waals surface area contributed by atoms with Crippen LogP contribution in [0, 0.1) is 5.41 Å². The predicted molar refractivity (Wildman–Crippen MR) is 94.6 cm³/mol. The van der Waals surface area contributed by atoms with Crippen LogP contribution in [-0.2, 0) is 24.2 Å². The van der Waals surface area contributed by atoms with Crippen LogP contribution in [0.15, 0.2) is 24.5 Å². The Morgan fingerprint density at radius 2 is 1.92 bits per heavy atom. The number of nitrogens with one attached hydrogen (secondary N) is 1. The quantitative estimate of drug-likeness (QED) is 0.939. The van der Waals surface area contributed by atoms with Crippen LogP contribution in [0.1, 0.15) is 44.9 Å². The summed E-state index contributed by atoms with van der Waals surface area (Å²) in [7, 11) is 0. The molecule has 0 saturated carbocycles. The molecule has 1 amide bonds. The summed E-state index contributed by atoms with van der Waals surface area (Å²) < 4.78 is 2.09. The molecule has 0 radical (unpaired) electrons. The van der Waals surface area contributed by atoms with E-state index in [1.165, 1.54) is 24.1 Å². The van der Waals surface area contributed by atoms with Crippen molar-refractivity contribution in [3.8, 4) is 11.3 Å². The van der Waals surface area contributed by atoms with Gasteiger partial charge in [0.05, 0.1) is 12.2 Å². The van der Waals surface area contributed by atoms with Gasteiger partial charge in [-0.05, 0) is 37.8 Å². The summed E-state index contributed by atoms with van der Waals surface area (Å²) >= 11 is 0. The summed E-state index contributed by atoms with van der Waals surface area (Å²) in [6.45, 7) is 7.12. The molecule has 0 spiro atoms. The van der Waals surface area contributed by atoms with Gasteiger partial charge in [0.1, 0.15) is 0 Å². The highest BCUT2D eigenvalue weighted by atomic mass is 16.2. The van der Waals surface area contributed by atoms with Gasteiger partial charge in [0.15, 0.2) is 0 Å². The van der Waals surface area contributed by atoms with Gasteiger partial charge in [-0.15, -0.1) is 0 Å². The van der Waals surface area contributed by atoms with E-state index in [4.69, 9.17) is 5.10 Å². The van der Waals surface area contributed by atoms with Gasteiger partial charge in [0.2, 0.25) is 5.91 Å². The fourth-order valence-corrected chi connectivity index (χ4v) is 3.14. The van der Waals surface area contributed by atoms with E-state index in [1.54, 1.807) is 0 Å². The molecule has 5 heteroatoms. The molecule has 2 aromatic heterocycles. The molecule has 0 aromatic carbocycles. The Morgan fingerprint density at radius 1 is 1.21 bits per heavy atom. The molecule has 0 atom stereocenters. The van der Waals surface area contributed by atoms with E-state index in [2.05, 4.69) is 15.0 Å². The van der Waals surface area contributed by atoms with Crippen molar-refractivity contribution in [1.82, 2.24) is 20.1 Å². The van der Waals surface area contributed by atoms with Crippen LogP contribution in [0.2, 0.25) is 0 Å². The summed E-state index contributed by atoms with van der Waals surface area (Å²) in [5, 5.41) is 7.88. The highest BCUT2D eigenvalue weighted by Crippen LogP contribution is 2.30. The average molecular weight is 326 g/mol. The molecule has 3 rings (SSSR count). The molecule has 1 aliphatic carbocycles. The van der Waals surface area contributed by atoms with Gasteiger partial charge in [0, 0.05) is 41.2 Å². The molecule has 1 aliphatic rings. The maximum absolute atomic E-state index is 12.0. The number of pyridine rings is 1. The Kier molecular flexibility index (Phi) is 4.69. The summed E-state index contributed by atoms with van der Waals surface area (Å²) in [5.41, 5.74) is 4.55. The molecule has 0 saturated heterocycles. The van der Waals surface area contributed by atoms with Gasteiger partial charge in [-0.25, -0.2) is 0 Å². The lowest BCUT2D eigenvalue weighted by Crippen LogP contribution is -2.36. The van der Waals surface area contributed by atoms with Gasteiger partial charge in [-0.2, -0.15) is 5.10 Å². The topological polar surface area (TPSA) is 59.8 Å². The molecule has 128 valence electrons. The Hall–Kier alpha value is -2.17. The van der Waals surface area contributed by atoms with E-state index >= 15 is 0 Å². The minimum absolute atomic E-state index is 0.0814. The molecule has 5 nitrogen and oxygen atoms in total. The van der Waals surface area contributed by atoms with E-state index in [0.717, 1.165) is 30.6 Å². The molecule has 0 unspecified atom stereocenters. The molecule has 1 N–H and O–H groups in total. The number of hydrogen-bond acceptors (Lipinski definition) is 3. The van der Waals surface area contributed by atoms with Crippen molar-refractivity contribution in [2.24, 2.45) is 5.41 Å². The highest BCUT2D eigenvalue weighted by Gasteiger charge is 2.23. The standard InChI is InChI=1S/C19H26N4O/c1-19(2,3)18(24)21-12-13-23-16-7-5-4-6-15(16)17(22-23)14-8-10-20-11-9-14/h8-11H,4-7,12-13H2,1-3H3,(H,21,24). The van der Waals surface area contributed by atoms with Crippen molar-refractivity contribution >= 4 is 5.91 Å². The Balaban J connectivity index is 1.79. The highest BCUT2D eigenvalue weighted by molar-refractivity contribution is 5.81. The second-order valence-electron chi connectivity index (χ2n) is 7.45. The minimum atomic E-state index is -0.355. The number of amides is 1. The number of nitrogens with zero attached hydrogens (tertiary/aromatic N) is 3. The zero-order chi connectivity index (χ0) is 17.2. The maximum atomic E-state index is 12.0. The van der Waals surface area contributed by atoms with E-state index in [9.17, 15) is 4.79 Å². The molecule has 2 aromatic rings. The van der Waals surface area contributed by atoms with Crippen molar-refractivity contribution in [1.29, 1.82) is 0 Å². The van der Waals surface area contributed by atoms with E-state index in [-0.39, 0.29) is 11.3 Å². The Labute approximate surface area is 143 Å². The van der Waals surface area contributed by atoms with Gasteiger partial charge in [-0.1, -0.05) is 20.8 Å². The van der Waals surface area contributed by atoms with Crippen molar-refractivity contribution in [2.75, 3.05) is 6.54 Å². The van der Waals surface area contributed by atoms with Crippen LogP contribution < -0.4 is 5.32 Å².